The van der Waals surface area contributed by atoms with Crippen molar-refractivity contribution in [2.45, 2.75) is 6.04 Å². The van der Waals surface area contributed by atoms with Crippen LogP contribution in [0, 0.1) is 0 Å². The summed E-state index contributed by atoms with van der Waals surface area (Å²) in [6.45, 7) is 0. The molecule has 2 aromatic rings. The summed E-state index contributed by atoms with van der Waals surface area (Å²) >= 11 is 5.80. The summed E-state index contributed by atoms with van der Waals surface area (Å²) in [4.78, 5) is 19.9. The van der Waals surface area contributed by atoms with Gasteiger partial charge in [0.15, 0.2) is 0 Å². The standard InChI is InChI=1S/C13H13ClN4O2/c1-20-10-7-9(14)16-13(17-10)18-12(19)11(15)8-5-3-2-4-6-8/h2-7,11H,15H2,1H3,(H,16,17,18,19). The van der Waals surface area contributed by atoms with Gasteiger partial charge in [-0.1, -0.05) is 41.9 Å². The number of anilines is 1. The summed E-state index contributed by atoms with van der Waals surface area (Å²) in [5.74, 6) is -0.125. The van der Waals surface area contributed by atoms with E-state index < -0.39 is 11.9 Å². The van der Waals surface area contributed by atoms with Gasteiger partial charge in [-0.25, -0.2) is 4.98 Å². The zero-order valence-corrected chi connectivity index (χ0v) is 11.5. The lowest BCUT2D eigenvalue weighted by Gasteiger charge is -2.12. The molecule has 7 heteroatoms. The van der Waals surface area contributed by atoms with Crippen molar-refractivity contribution in [2.75, 3.05) is 12.4 Å². The molecule has 0 saturated carbocycles. The molecule has 0 fully saturated rings. The molecule has 0 bridgehead atoms. The number of rotatable bonds is 4. The Kier molecular flexibility index (Phi) is 4.49. The molecule has 0 aliphatic heterocycles. The molecule has 1 atom stereocenters. The smallest absolute Gasteiger partial charge is 0.248 e. The number of carbonyl (C=O) groups is 1. The van der Waals surface area contributed by atoms with Crippen LogP contribution >= 0.6 is 11.6 Å². The average Bonchev–Trinajstić information content (AvgIpc) is 2.46. The fourth-order valence-electron chi connectivity index (χ4n) is 1.56. The Labute approximate surface area is 120 Å². The van der Waals surface area contributed by atoms with Crippen LogP contribution in [0.25, 0.3) is 0 Å². The number of carbonyl (C=O) groups excluding carboxylic acids is 1. The van der Waals surface area contributed by atoms with Crippen molar-refractivity contribution in [2.24, 2.45) is 5.73 Å². The highest BCUT2D eigenvalue weighted by molar-refractivity contribution is 6.29. The van der Waals surface area contributed by atoms with Gasteiger partial charge in [0.2, 0.25) is 17.7 Å². The summed E-state index contributed by atoms with van der Waals surface area (Å²) in [7, 11) is 1.44. The molecule has 1 aromatic heterocycles. The van der Waals surface area contributed by atoms with Crippen LogP contribution in [-0.2, 0) is 4.79 Å². The van der Waals surface area contributed by atoms with E-state index in [4.69, 9.17) is 22.1 Å². The number of aromatic nitrogens is 2. The molecule has 1 heterocycles. The molecule has 0 aliphatic rings. The van der Waals surface area contributed by atoms with E-state index >= 15 is 0 Å². The normalized spacial score (nSPS) is 11.8. The first-order valence-electron chi connectivity index (χ1n) is 5.80. The first kappa shape index (κ1) is 14.2. The lowest BCUT2D eigenvalue weighted by molar-refractivity contribution is -0.117. The topological polar surface area (TPSA) is 90.1 Å². The van der Waals surface area contributed by atoms with Crippen LogP contribution in [0.2, 0.25) is 5.15 Å². The number of hydrogen-bond acceptors (Lipinski definition) is 5. The fraction of sp³-hybridized carbons (Fsp3) is 0.154. The van der Waals surface area contributed by atoms with Crippen molar-refractivity contribution in [1.82, 2.24) is 9.97 Å². The van der Waals surface area contributed by atoms with Crippen molar-refractivity contribution < 1.29 is 9.53 Å². The Morgan fingerprint density at radius 2 is 2.05 bits per heavy atom. The molecule has 1 aromatic carbocycles. The minimum atomic E-state index is -0.815. The van der Waals surface area contributed by atoms with Gasteiger partial charge in [-0.3, -0.25) is 10.1 Å². The summed E-state index contributed by atoms with van der Waals surface area (Å²) in [6.07, 6.45) is 0. The van der Waals surface area contributed by atoms with Crippen LogP contribution in [0.4, 0.5) is 5.95 Å². The van der Waals surface area contributed by atoms with Gasteiger partial charge in [0.1, 0.15) is 11.2 Å². The summed E-state index contributed by atoms with van der Waals surface area (Å²) < 4.78 is 4.94. The van der Waals surface area contributed by atoms with E-state index in [0.717, 1.165) is 0 Å². The van der Waals surface area contributed by atoms with E-state index in [1.807, 2.05) is 6.07 Å². The minimum absolute atomic E-state index is 0.0470. The zero-order valence-electron chi connectivity index (χ0n) is 10.7. The molecule has 0 aliphatic carbocycles. The predicted molar refractivity (Wildman–Crippen MR) is 75.6 cm³/mol. The molecule has 0 radical (unpaired) electrons. The highest BCUT2D eigenvalue weighted by Crippen LogP contribution is 2.17. The first-order chi connectivity index (χ1) is 9.60. The van der Waals surface area contributed by atoms with Crippen molar-refractivity contribution in [3.8, 4) is 5.88 Å². The highest BCUT2D eigenvalue weighted by Gasteiger charge is 2.17. The molecular weight excluding hydrogens is 280 g/mol. The van der Waals surface area contributed by atoms with E-state index in [-0.39, 0.29) is 17.0 Å². The van der Waals surface area contributed by atoms with Crippen LogP contribution in [0.5, 0.6) is 5.88 Å². The van der Waals surface area contributed by atoms with Gasteiger partial charge in [-0.2, -0.15) is 4.98 Å². The van der Waals surface area contributed by atoms with Crippen molar-refractivity contribution in [3.63, 3.8) is 0 Å². The van der Waals surface area contributed by atoms with Crippen LogP contribution in [0.3, 0.4) is 0 Å². The molecule has 0 spiro atoms. The number of amides is 1. The molecule has 20 heavy (non-hydrogen) atoms. The monoisotopic (exact) mass is 292 g/mol. The van der Waals surface area contributed by atoms with Crippen LogP contribution in [-0.4, -0.2) is 23.0 Å². The summed E-state index contributed by atoms with van der Waals surface area (Å²) in [5.41, 5.74) is 6.56. The third-order valence-electron chi connectivity index (χ3n) is 2.56. The Morgan fingerprint density at radius 3 is 2.70 bits per heavy atom. The largest absolute Gasteiger partial charge is 0.481 e. The van der Waals surface area contributed by atoms with Gasteiger partial charge in [0.25, 0.3) is 0 Å². The fourth-order valence-corrected chi connectivity index (χ4v) is 1.73. The number of nitrogens with one attached hydrogen (secondary N) is 1. The second kappa shape index (κ2) is 6.31. The minimum Gasteiger partial charge on any atom is -0.481 e. The van der Waals surface area contributed by atoms with Gasteiger partial charge in [0.05, 0.1) is 7.11 Å². The van der Waals surface area contributed by atoms with Gasteiger partial charge < -0.3 is 10.5 Å². The number of benzene rings is 1. The third-order valence-corrected chi connectivity index (χ3v) is 2.75. The van der Waals surface area contributed by atoms with Crippen molar-refractivity contribution >= 4 is 23.5 Å². The van der Waals surface area contributed by atoms with E-state index in [9.17, 15) is 4.79 Å². The Balaban J connectivity index is 2.13. The van der Waals surface area contributed by atoms with Crippen LogP contribution in [0.15, 0.2) is 36.4 Å². The lowest BCUT2D eigenvalue weighted by atomic mass is 10.1. The van der Waals surface area contributed by atoms with Crippen molar-refractivity contribution in [1.29, 1.82) is 0 Å². The van der Waals surface area contributed by atoms with Gasteiger partial charge >= 0.3 is 0 Å². The SMILES string of the molecule is COc1cc(Cl)nc(NC(=O)C(N)c2ccccc2)n1. The Bertz CT molecular complexity index is 607. The van der Waals surface area contributed by atoms with Crippen molar-refractivity contribution in [3.05, 3.63) is 47.1 Å². The van der Waals surface area contributed by atoms with E-state index in [1.54, 1.807) is 24.3 Å². The number of nitrogens with zero attached hydrogens (tertiary/aromatic N) is 2. The van der Waals surface area contributed by atoms with Crippen LogP contribution < -0.4 is 15.8 Å². The molecule has 104 valence electrons. The zero-order chi connectivity index (χ0) is 14.5. The first-order valence-corrected chi connectivity index (χ1v) is 6.18. The van der Waals surface area contributed by atoms with E-state index in [2.05, 4.69) is 15.3 Å². The molecule has 2 rings (SSSR count). The van der Waals surface area contributed by atoms with Gasteiger partial charge in [-0.15, -0.1) is 0 Å². The van der Waals surface area contributed by atoms with Crippen LogP contribution in [0.1, 0.15) is 11.6 Å². The predicted octanol–water partition coefficient (Wildman–Crippen LogP) is 1.78. The number of halogens is 1. The second-order valence-electron chi connectivity index (χ2n) is 3.93. The Morgan fingerprint density at radius 1 is 1.35 bits per heavy atom. The van der Waals surface area contributed by atoms with E-state index in [0.29, 0.717) is 5.56 Å². The number of nitrogens with two attached hydrogens (primary N) is 1. The maximum absolute atomic E-state index is 12.0. The van der Waals surface area contributed by atoms with E-state index in [1.165, 1.54) is 13.2 Å². The molecule has 3 N–H and O–H groups in total. The average molecular weight is 293 g/mol. The molecule has 1 unspecified atom stereocenters. The highest BCUT2D eigenvalue weighted by atomic mass is 35.5. The molecular formula is C13H13ClN4O2. The molecule has 6 nitrogen and oxygen atoms in total. The second-order valence-corrected chi connectivity index (χ2v) is 4.32. The third kappa shape index (κ3) is 3.43. The van der Waals surface area contributed by atoms with Gasteiger partial charge in [-0.05, 0) is 5.56 Å². The lowest BCUT2D eigenvalue weighted by Crippen LogP contribution is -2.28. The number of hydrogen-bond donors (Lipinski definition) is 2. The quantitative estimate of drug-likeness (QED) is 0.838. The molecule has 0 saturated heterocycles. The maximum atomic E-state index is 12.0. The Hall–Kier alpha value is -2.18. The molecule has 1 amide bonds. The maximum Gasteiger partial charge on any atom is 0.248 e. The summed E-state index contributed by atoms with van der Waals surface area (Å²) in [6, 6.07) is 9.62. The van der Waals surface area contributed by atoms with Gasteiger partial charge in [0, 0.05) is 6.07 Å². The summed E-state index contributed by atoms with van der Waals surface area (Å²) in [5, 5.41) is 2.67. The number of methoxy groups -OCH3 is 1. The number of ether oxygens (including phenoxy) is 1.